The topological polar surface area (TPSA) is 54.0 Å². The summed E-state index contributed by atoms with van der Waals surface area (Å²) in [5.74, 6) is -0.0696. The molecular formula is C13H15N3OS. The third-order valence-electron chi connectivity index (χ3n) is 2.67. The molecule has 0 fully saturated rings. The zero-order valence-corrected chi connectivity index (χ0v) is 11.2. The van der Waals surface area contributed by atoms with Crippen LogP contribution in [0.3, 0.4) is 0 Å². The van der Waals surface area contributed by atoms with E-state index < -0.39 is 0 Å². The molecular weight excluding hydrogens is 246 g/mol. The average Bonchev–Trinajstić information content (AvgIpc) is 2.81. The summed E-state index contributed by atoms with van der Waals surface area (Å²) in [6.45, 7) is 2.76. The van der Waals surface area contributed by atoms with Crippen LogP contribution < -0.4 is 10.6 Å². The second-order valence-corrected chi connectivity index (χ2v) is 4.81. The normalized spacial score (nSPS) is 10.1. The molecule has 0 spiro atoms. The Bertz CT molecular complexity index is 533. The van der Waals surface area contributed by atoms with Crippen LogP contribution in [0.4, 0.5) is 5.69 Å². The van der Waals surface area contributed by atoms with E-state index in [1.54, 1.807) is 30.5 Å². The van der Waals surface area contributed by atoms with Crippen LogP contribution in [0.1, 0.15) is 20.9 Å². The molecule has 18 heavy (non-hydrogen) atoms. The molecule has 0 aliphatic rings. The molecule has 0 radical (unpaired) electrons. The smallest absolute Gasteiger partial charge is 0.251 e. The summed E-state index contributed by atoms with van der Waals surface area (Å²) >= 11 is 1.64. The maximum absolute atomic E-state index is 11.4. The summed E-state index contributed by atoms with van der Waals surface area (Å²) in [5.41, 5.74) is 4.57. The number of rotatable bonds is 4. The maximum Gasteiger partial charge on any atom is 0.251 e. The number of nitrogens with one attached hydrogen (secondary N) is 2. The Morgan fingerprint density at radius 1 is 1.33 bits per heavy atom. The molecule has 1 aromatic heterocycles. The van der Waals surface area contributed by atoms with Gasteiger partial charge in [0.15, 0.2) is 0 Å². The Labute approximate surface area is 110 Å². The lowest BCUT2D eigenvalue weighted by Crippen LogP contribution is -2.17. The van der Waals surface area contributed by atoms with Gasteiger partial charge in [0, 0.05) is 23.2 Å². The van der Waals surface area contributed by atoms with E-state index in [4.69, 9.17) is 0 Å². The molecule has 0 atom stereocenters. The van der Waals surface area contributed by atoms with Crippen molar-refractivity contribution in [3.8, 4) is 0 Å². The highest BCUT2D eigenvalue weighted by Gasteiger charge is 2.03. The van der Waals surface area contributed by atoms with Gasteiger partial charge in [0.05, 0.1) is 17.7 Å². The first-order chi connectivity index (χ1) is 8.70. The predicted molar refractivity (Wildman–Crippen MR) is 74.0 cm³/mol. The number of nitrogens with zero attached hydrogens (tertiary/aromatic N) is 1. The number of anilines is 1. The summed E-state index contributed by atoms with van der Waals surface area (Å²) in [6, 6.07) is 7.42. The van der Waals surface area contributed by atoms with Gasteiger partial charge in [-0.1, -0.05) is 0 Å². The minimum atomic E-state index is -0.0696. The number of thiazole rings is 1. The molecule has 0 aliphatic carbocycles. The number of hydrogen-bond donors (Lipinski definition) is 2. The number of carbonyl (C=O) groups excluding carboxylic acids is 1. The fourth-order valence-electron chi connectivity index (χ4n) is 1.56. The van der Waals surface area contributed by atoms with E-state index in [0.29, 0.717) is 5.56 Å². The highest BCUT2D eigenvalue weighted by atomic mass is 32.1. The summed E-state index contributed by atoms with van der Waals surface area (Å²) < 4.78 is 0. The van der Waals surface area contributed by atoms with Gasteiger partial charge < -0.3 is 10.6 Å². The highest BCUT2D eigenvalue weighted by Crippen LogP contribution is 2.15. The van der Waals surface area contributed by atoms with E-state index in [1.807, 2.05) is 24.6 Å². The SMILES string of the molecule is CNC(=O)c1ccc(NCc2scnc2C)cc1. The van der Waals surface area contributed by atoms with Gasteiger partial charge in [-0.05, 0) is 31.2 Å². The molecule has 1 aromatic carbocycles. The van der Waals surface area contributed by atoms with Gasteiger partial charge in [0.2, 0.25) is 0 Å². The molecule has 2 aromatic rings. The van der Waals surface area contributed by atoms with Crippen LogP contribution >= 0.6 is 11.3 Å². The van der Waals surface area contributed by atoms with Crippen LogP contribution in [0.25, 0.3) is 0 Å². The molecule has 2 N–H and O–H groups in total. The monoisotopic (exact) mass is 261 g/mol. The molecule has 1 heterocycles. The number of carbonyl (C=O) groups is 1. The largest absolute Gasteiger partial charge is 0.380 e. The molecule has 4 nitrogen and oxygen atoms in total. The molecule has 0 unspecified atom stereocenters. The number of benzene rings is 1. The van der Waals surface area contributed by atoms with Gasteiger partial charge in [0.1, 0.15) is 0 Å². The van der Waals surface area contributed by atoms with Gasteiger partial charge in [-0.25, -0.2) is 4.98 Å². The van der Waals surface area contributed by atoms with Crippen LogP contribution in [0.2, 0.25) is 0 Å². The Balaban J connectivity index is 1.98. The zero-order chi connectivity index (χ0) is 13.0. The van der Waals surface area contributed by atoms with E-state index in [9.17, 15) is 4.79 Å². The molecule has 1 amide bonds. The van der Waals surface area contributed by atoms with E-state index in [-0.39, 0.29) is 5.91 Å². The van der Waals surface area contributed by atoms with Crippen molar-refractivity contribution < 1.29 is 4.79 Å². The standard InChI is InChI=1S/C13H15N3OS/c1-9-12(18-8-16-9)7-15-11-5-3-10(4-6-11)13(17)14-2/h3-6,8,15H,7H2,1-2H3,(H,14,17). The minimum Gasteiger partial charge on any atom is -0.380 e. The molecule has 0 saturated heterocycles. The third kappa shape index (κ3) is 2.87. The average molecular weight is 261 g/mol. The van der Waals surface area contributed by atoms with Crippen LogP contribution in [-0.2, 0) is 6.54 Å². The van der Waals surface area contributed by atoms with Crippen molar-refractivity contribution in [1.82, 2.24) is 10.3 Å². The Hall–Kier alpha value is -1.88. The summed E-state index contributed by atoms with van der Waals surface area (Å²) in [5, 5.41) is 5.91. The van der Waals surface area contributed by atoms with Crippen molar-refractivity contribution in [1.29, 1.82) is 0 Å². The van der Waals surface area contributed by atoms with Crippen molar-refractivity contribution in [3.05, 3.63) is 45.9 Å². The number of aryl methyl sites for hydroxylation is 1. The first-order valence-corrected chi connectivity index (χ1v) is 6.53. The van der Waals surface area contributed by atoms with Gasteiger partial charge in [0.25, 0.3) is 5.91 Å². The van der Waals surface area contributed by atoms with Crippen LogP contribution in [0.5, 0.6) is 0 Å². The third-order valence-corrected chi connectivity index (χ3v) is 3.61. The first-order valence-electron chi connectivity index (χ1n) is 5.65. The van der Waals surface area contributed by atoms with Crippen molar-refractivity contribution >= 4 is 22.9 Å². The van der Waals surface area contributed by atoms with Crippen molar-refractivity contribution in [2.75, 3.05) is 12.4 Å². The van der Waals surface area contributed by atoms with E-state index in [2.05, 4.69) is 15.6 Å². The lowest BCUT2D eigenvalue weighted by Gasteiger charge is -2.06. The van der Waals surface area contributed by atoms with Gasteiger partial charge in [-0.15, -0.1) is 11.3 Å². The fourth-order valence-corrected chi connectivity index (χ4v) is 2.28. The number of amides is 1. The molecule has 0 aliphatic heterocycles. The second-order valence-electron chi connectivity index (χ2n) is 3.87. The van der Waals surface area contributed by atoms with Crippen molar-refractivity contribution in [2.45, 2.75) is 13.5 Å². The Kier molecular flexibility index (Phi) is 3.94. The Morgan fingerprint density at radius 2 is 2.06 bits per heavy atom. The van der Waals surface area contributed by atoms with E-state index >= 15 is 0 Å². The fraction of sp³-hybridized carbons (Fsp3) is 0.231. The first kappa shape index (κ1) is 12.6. The van der Waals surface area contributed by atoms with Crippen LogP contribution in [0.15, 0.2) is 29.8 Å². The second kappa shape index (κ2) is 5.64. The summed E-state index contributed by atoms with van der Waals surface area (Å²) in [7, 11) is 1.63. The van der Waals surface area contributed by atoms with E-state index in [1.165, 1.54) is 4.88 Å². The van der Waals surface area contributed by atoms with Crippen molar-refractivity contribution in [3.63, 3.8) is 0 Å². The molecule has 0 bridgehead atoms. The maximum atomic E-state index is 11.4. The number of hydrogen-bond acceptors (Lipinski definition) is 4. The van der Waals surface area contributed by atoms with E-state index in [0.717, 1.165) is 17.9 Å². The summed E-state index contributed by atoms with van der Waals surface area (Å²) in [4.78, 5) is 16.8. The van der Waals surface area contributed by atoms with Gasteiger partial charge >= 0.3 is 0 Å². The predicted octanol–water partition coefficient (Wildman–Crippen LogP) is 2.42. The van der Waals surface area contributed by atoms with Crippen LogP contribution in [-0.4, -0.2) is 17.9 Å². The van der Waals surface area contributed by atoms with Gasteiger partial charge in [-0.2, -0.15) is 0 Å². The summed E-state index contributed by atoms with van der Waals surface area (Å²) in [6.07, 6.45) is 0. The molecule has 2 rings (SSSR count). The Morgan fingerprint density at radius 3 is 2.61 bits per heavy atom. The quantitative estimate of drug-likeness (QED) is 0.888. The highest BCUT2D eigenvalue weighted by molar-refractivity contribution is 7.09. The minimum absolute atomic E-state index is 0.0696. The lowest BCUT2D eigenvalue weighted by atomic mass is 10.2. The van der Waals surface area contributed by atoms with Gasteiger partial charge in [-0.3, -0.25) is 4.79 Å². The lowest BCUT2D eigenvalue weighted by molar-refractivity contribution is 0.0963. The van der Waals surface area contributed by atoms with Crippen molar-refractivity contribution in [2.24, 2.45) is 0 Å². The molecule has 0 saturated carbocycles. The number of aromatic nitrogens is 1. The molecule has 94 valence electrons. The molecule has 5 heteroatoms. The zero-order valence-electron chi connectivity index (χ0n) is 10.4. The van der Waals surface area contributed by atoms with Crippen LogP contribution in [0, 0.1) is 6.92 Å².